The van der Waals surface area contributed by atoms with Crippen LogP contribution in [0, 0.1) is 0 Å². The number of hydrogen-bond acceptors (Lipinski definition) is 4. The van der Waals surface area contributed by atoms with Crippen LogP contribution in [0.3, 0.4) is 0 Å². The number of rotatable bonds is 3. The van der Waals surface area contributed by atoms with E-state index in [0.717, 1.165) is 5.65 Å². The van der Waals surface area contributed by atoms with E-state index in [2.05, 4.69) is 20.5 Å². The zero-order chi connectivity index (χ0) is 13.9. The van der Waals surface area contributed by atoms with E-state index in [1.54, 1.807) is 24.5 Å². The summed E-state index contributed by atoms with van der Waals surface area (Å²) in [5.41, 5.74) is 1.33. The van der Waals surface area contributed by atoms with Crippen LogP contribution in [0.2, 0.25) is 0 Å². The van der Waals surface area contributed by atoms with Crippen LogP contribution in [0.4, 0.5) is 0 Å². The molecule has 1 amide bonds. The van der Waals surface area contributed by atoms with Crippen molar-refractivity contribution in [1.29, 1.82) is 0 Å². The summed E-state index contributed by atoms with van der Waals surface area (Å²) >= 11 is 0. The van der Waals surface area contributed by atoms with E-state index < -0.39 is 0 Å². The molecule has 0 aliphatic rings. The van der Waals surface area contributed by atoms with Gasteiger partial charge in [-0.3, -0.25) is 14.2 Å². The highest BCUT2D eigenvalue weighted by Gasteiger charge is 2.16. The predicted molar refractivity (Wildman–Crippen MR) is 73.1 cm³/mol. The van der Waals surface area contributed by atoms with Gasteiger partial charge in [-0.2, -0.15) is 0 Å². The molecule has 6 heteroatoms. The van der Waals surface area contributed by atoms with E-state index in [0.29, 0.717) is 11.4 Å². The first kappa shape index (κ1) is 12.3. The number of fused-ring (bicyclic) bond motifs is 1. The molecule has 6 nitrogen and oxygen atoms in total. The summed E-state index contributed by atoms with van der Waals surface area (Å²) in [4.78, 5) is 16.0. The fourth-order valence-corrected chi connectivity index (χ4v) is 2.00. The zero-order valence-electron chi connectivity index (χ0n) is 10.9. The lowest BCUT2D eigenvalue weighted by Gasteiger charge is -2.12. The molecule has 3 heterocycles. The molecule has 20 heavy (non-hydrogen) atoms. The average molecular weight is 267 g/mol. The maximum Gasteiger partial charge on any atom is 0.251 e. The van der Waals surface area contributed by atoms with Crippen molar-refractivity contribution in [2.75, 3.05) is 0 Å². The van der Waals surface area contributed by atoms with Gasteiger partial charge in [0.2, 0.25) is 0 Å². The zero-order valence-corrected chi connectivity index (χ0v) is 10.9. The highest BCUT2D eigenvalue weighted by molar-refractivity contribution is 5.94. The lowest BCUT2D eigenvalue weighted by atomic mass is 10.2. The first-order valence-corrected chi connectivity index (χ1v) is 6.26. The first-order valence-electron chi connectivity index (χ1n) is 6.26. The lowest BCUT2D eigenvalue weighted by molar-refractivity contribution is 0.0938. The Labute approximate surface area is 115 Å². The van der Waals surface area contributed by atoms with Gasteiger partial charge in [0.15, 0.2) is 11.5 Å². The number of pyridine rings is 2. The number of nitrogens with zero attached hydrogens (tertiary/aromatic N) is 4. The van der Waals surface area contributed by atoms with Crippen molar-refractivity contribution >= 4 is 11.6 Å². The standard InChI is InChI=1S/C14H13N5O/c1-10(16-14(20)11-5-7-15-8-6-11)13-18-17-12-4-2-3-9-19(12)13/h2-10H,1H3,(H,16,20). The fraction of sp³-hybridized carbons (Fsp3) is 0.143. The Bertz CT molecular complexity index is 737. The van der Waals surface area contributed by atoms with Gasteiger partial charge < -0.3 is 5.32 Å². The molecule has 3 aromatic heterocycles. The molecular weight excluding hydrogens is 254 g/mol. The normalized spacial score (nSPS) is 12.2. The Kier molecular flexibility index (Phi) is 3.12. The van der Waals surface area contributed by atoms with Crippen molar-refractivity contribution in [2.45, 2.75) is 13.0 Å². The number of amides is 1. The highest BCUT2D eigenvalue weighted by atomic mass is 16.1. The molecule has 0 radical (unpaired) electrons. The van der Waals surface area contributed by atoms with Crippen molar-refractivity contribution in [3.05, 3.63) is 60.3 Å². The first-order chi connectivity index (χ1) is 9.75. The van der Waals surface area contributed by atoms with Crippen LogP contribution in [0.5, 0.6) is 0 Å². The lowest BCUT2D eigenvalue weighted by Crippen LogP contribution is -2.28. The van der Waals surface area contributed by atoms with E-state index >= 15 is 0 Å². The third kappa shape index (κ3) is 2.23. The van der Waals surface area contributed by atoms with Crippen molar-refractivity contribution in [3.63, 3.8) is 0 Å². The maximum absolute atomic E-state index is 12.1. The number of nitrogens with one attached hydrogen (secondary N) is 1. The van der Waals surface area contributed by atoms with Crippen LogP contribution < -0.4 is 5.32 Å². The molecule has 0 saturated carbocycles. The number of carbonyl (C=O) groups is 1. The summed E-state index contributed by atoms with van der Waals surface area (Å²) in [7, 11) is 0. The third-order valence-corrected chi connectivity index (χ3v) is 3.02. The number of carbonyl (C=O) groups excluding carboxylic acids is 1. The second kappa shape index (κ2) is 5.08. The van der Waals surface area contributed by atoms with Crippen molar-refractivity contribution in [2.24, 2.45) is 0 Å². The second-order valence-electron chi connectivity index (χ2n) is 4.42. The molecule has 0 aromatic carbocycles. The van der Waals surface area contributed by atoms with Crippen LogP contribution in [0.25, 0.3) is 5.65 Å². The van der Waals surface area contributed by atoms with E-state index in [1.165, 1.54) is 0 Å². The fourth-order valence-electron chi connectivity index (χ4n) is 2.00. The van der Waals surface area contributed by atoms with Gasteiger partial charge in [-0.15, -0.1) is 10.2 Å². The predicted octanol–water partition coefficient (Wildman–Crippen LogP) is 1.62. The number of aromatic nitrogens is 4. The molecule has 0 aliphatic carbocycles. The van der Waals surface area contributed by atoms with Crippen LogP contribution in [0.1, 0.15) is 29.1 Å². The van der Waals surface area contributed by atoms with E-state index in [1.807, 2.05) is 35.7 Å². The SMILES string of the molecule is CC(NC(=O)c1ccncc1)c1nnc2ccccn12. The number of hydrogen-bond donors (Lipinski definition) is 1. The van der Waals surface area contributed by atoms with E-state index in [4.69, 9.17) is 0 Å². The van der Waals surface area contributed by atoms with Crippen molar-refractivity contribution in [1.82, 2.24) is 24.9 Å². The summed E-state index contributed by atoms with van der Waals surface area (Å²) in [6.45, 7) is 1.88. The van der Waals surface area contributed by atoms with Crippen LogP contribution >= 0.6 is 0 Å². The molecule has 1 N–H and O–H groups in total. The van der Waals surface area contributed by atoms with E-state index in [9.17, 15) is 4.79 Å². The quantitative estimate of drug-likeness (QED) is 0.782. The van der Waals surface area contributed by atoms with Gasteiger partial charge >= 0.3 is 0 Å². The van der Waals surface area contributed by atoms with Gasteiger partial charge in [0.1, 0.15) is 0 Å². The van der Waals surface area contributed by atoms with Crippen molar-refractivity contribution in [3.8, 4) is 0 Å². The van der Waals surface area contributed by atoms with Gasteiger partial charge in [0.05, 0.1) is 6.04 Å². The van der Waals surface area contributed by atoms with Crippen LogP contribution in [-0.4, -0.2) is 25.5 Å². The van der Waals surface area contributed by atoms with E-state index in [-0.39, 0.29) is 11.9 Å². The summed E-state index contributed by atoms with van der Waals surface area (Å²) in [5, 5.41) is 11.1. The molecule has 0 fully saturated rings. The van der Waals surface area contributed by atoms with Gasteiger partial charge in [0, 0.05) is 24.2 Å². The second-order valence-corrected chi connectivity index (χ2v) is 4.42. The minimum Gasteiger partial charge on any atom is -0.342 e. The Morgan fingerprint density at radius 3 is 2.80 bits per heavy atom. The molecule has 1 atom stereocenters. The molecule has 100 valence electrons. The molecule has 0 spiro atoms. The minimum absolute atomic E-state index is 0.160. The largest absolute Gasteiger partial charge is 0.342 e. The summed E-state index contributed by atoms with van der Waals surface area (Å²) in [5.74, 6) is 0.538. The topological polar surface area (TPSA) is 72.2 Å². The molecule has 1 unspecified atom stereocenters. The maximum atomic E-state index is 12.1. The highest BCUT2D eigenvalue weighted by Crippen LogP contribution is 2.12. The molecule has 3 rings (SSSR count). The summed E-state index contributed by atoms with van der Waals surface area (Å²) < 4.78 is 1.86. The van der Waals surface area contributed by atoms with Gasteiger partial charge in [-0.25, -0.2) is 0 Å². The molecule has 3 aromatic rings. The summed E-state index contributed by atoms with van der Waals surface area (Å²) in [6, 6.07) is 8.76. The van der Waals surface area contributed by atoms with Crippen LogP contribution in [-0.2, 0) is 0 Å². The third-order valence-electron chi connectivity index (χ3n) is 3.02. The van der Waals surface area contributed by atoms with Gasteiger partial charge in [0.25, 0.3) is 5.91 Å². The molecule has 0 saturated heterocycles. The smallest absolute Gasteiger partial charge is 0.251 e. The van der Waals surface area contributed by atoms with Gasteiger partial charge in [-0.1, -0.05) is 6.07 Å². The van der Waals surface area contributed by atoms with Gasteiger partial charge in [-0.05, 0) is 31.2 Å². The Morgan fingerprint density at radius 1 is 1.20 bits per heavy atom. The van der Waals surface area contributed by atoms with Crippen molar-refractivity contribution < 1.29 is 4.79 Å². The average Bonchev–Trinajstić information content (AvgIpc) is 2.92. The molecule has 0 bridgehead atoms. The monoisotopic (exact) mass is 267 g/mol. The summed E-state index contributed by atoms with van der Waals surface area (Å²) in [6.07, 6.45) is 5.05. The van der Waals surface area contributed by atoms with Crippen LogP contribution in [0.15, 0.2) is 48.9 Å². The minimum atomic E-state index is -0.243. The Hall–Kier alpha value is -2.76. The molecule has 0 aliphatic heterocycles. The Morgan fingerprint density at radius 2 is 2.00 bits per heavy atom. The molecular formula is C14H13N5O. The Balaban J connectivity index is 1.83.